The number of hydrogen-bond donors (Lipinski definition) is 1. The van der Waals surface area contributed by atoms with Gasteiger partial charge in [-0.15, -0.1) is 0 Å². The first kappa shape index (κ1) is 13.9. The number of rotatable bonds is 4. The van der Waals surface area contributed by atoms with Crippen molar-refractivity contribution < 1.29 is 4.79 Å². The van der Waals surface area contributed by atoms with E-state index in [1.165, 1.54) is 0 Å². The lowest BCUT2D eigenvalue weighted by atomic mass is 10.1. The van der Waals surface area contributed by atoms with Gasteiger partial charge in [-0.1, -0.05) is 29.8 Å². The van der Waals surface area contributed by atoms with Crippen molar-refractivity contribution in [2.45, 2.75) is 0 Å². The Labute approximate surface area is 117 Å². The van der Waals surface area contributed by atoms with Gasteiger partial charge in [-0.2, -0.15) is 0 Å². The van der Waals surface area contributed by atoms with Crippen molar-refractivity contribution in [1.82, 2.24) is 14.8 Å². The first-order valence-corrected chi connectivity index (χ1v) is 6.56. The molecule has 102 valence electrons. The third kappa shape index (κ3) is 2.74. The Morgan fingerprint density at radius 3 is 2.74 bits per heavy atom. The van der Waals surface area contributed by atoms with Crippen molar-refractivity contribution in [3.05, 3.63) is 35.0 Å². The summed E-state index contributed by atoms with van der Waals surface area (Å²) in [4.78, 5) is 14.3. The number of amides is 1. The minimum atomic E-state index is -0.122. The Hall–Kier alpha value is -1.52. The molecule has 1 aromatic carbocycles. The number of nitrogens with one attached hydrogen (secondary N) is 1. The van der Waals surface area contributed by atoms with Crippen molar-refractivity contribution in [2.24, 2.45) is 7.05 Å². The number of aryl methyl sites for hydroxylation is 1. The van der Waals surface area contributed by atoms with Crippen LogP contribution in [-0.4, -0.2) is 42.6 Å². The second-order valence-corrected chi connectivity index (χ2v) is 5.16. The lowest BCUT2D eigenvalue weighted by Crippen LogP contribution is -2.31. The average molecular weight is 280 g/mol. The molecule has 2 rings (SSSR count). The Morgan fingerprint density at radius 2 is 2.05 bits per heavy atom. The molecule has 2 aromatic rings. The zero-order chi connectivity index (χ0) is 14.0. The monoisotopic (exact) mass is 279 g/mol. The highest BCUT2D eigenvalue weighted by atomic mass is 35.5. The molecular weight excluding hydrogens is 262 g/mol. The second-order valence-electron chi connectivity index (χ2n) is 4.80. The number of para-hydroxylation sites is 1. The van der Waals surface area contributed by atoms with Gasteiger partial charge in [-0.25, -0.2) is 0 Å². The maximum atomic E-state index is 12.2. The van der Waals surface area contributed by atoms with E-state index in [0.717, 1.165) is 17.4 Å². The molecule has 0 fully saturated rings. The summed E-state index contributed by atoms with van der Waals surface area (Å²) in [5.74, 6) is -0.122. The summed E-state index contributed by atoms with van der Waals surface area (Å²) < 4.78 is 1.83. The molecule has 1 heterocycles. The summed E-state index contributed by atoms with van der Waals surface area (Å²) in [7, 11) is 5.80. The molecule has 0 spiro atoms. The summed E-state index contributed by atoms with van der Waals surface area (Å²) in [6.45, 7) is 1.40. The number of hydrogen-bond acceptors (Lipinski definition) is 2. The minimum Gasteiger partial charge on any atom is -0.351 e. The Kier molecular flexibility index (Phi) is 4.12. The van der Waals surface area contributed by atoms with Gasteiger partial charge in [0.15, 0.2) is 0 Å². The molecule has 19 heavy (non-hydrogen) atoms. The molecule has 0 radical (unpaired) electrons. The van der Waals surface area contributed by atoms with E-state index in [0.29, 0.717) is 17.3 Å². The third-order valence-electron chi connectivity index (χ3n) is 3.11. The summed E-state index contributed by atoms with van der Waals surface area (Å²) in [5, 5.41) is 4.26. The average Bonchev–Trinajstić information content (AvgIpc) is 2.62. The topological polar surface area (TPSA) is 37.3 Å². The molecule has 0 saturated carbocycles. The third-order valence-corrected chi connectivity index (χ3v) is 3.55. The molecule has 0 atom stereocenters. The van der Waals surface area contributed by atoms with Gasteiger partial charge >= 0.3 is 0 Å². The quantitative estimate of drug-likeness (QED) is 0.931. The largest absolute Gasteiger partial charge is 0.351 e. The molecule has 5 heteroatoms. The van der Waals surface area contributed by atoms with Crippen LogP contribution in [0.2, 0.25) is 5.15 Å². The van der Waals surface area contributed by atoms with Gasteiger partial charge in [-0.3, -0.25) is 4.79 Å². The number of fused-ring (bicyclic) bond motifs is 1. The van der Waals surface area contributed by atoms with Gasteiger partial charge in [-0.05, 0) is 20.2 Å². The number of halogens is 1. The highest BCUT2D eigenvalue weighted by Crippen LogP contribution is 2.28. The molecule has 0 aliphatic rings. The van der Waals surface area contributed by atoms with Crippen molar-refractivity contribution in [3.8, 4) is 0 Å². The van der Waals surface area contributed by atoms with Gasteiger partial charge in [0.1, 0.15) is 5.15 Å². The van der Waals surface area contributed by atoms with Crippen LogP contribution in [0.1, 0.15) is 10.4 Å². The predicted molar refractivity (Wildman–Crippen MR) is 78.8 cm³/mol. The van der Waals surface area contributed by atoms with Crippen LogP contribution in [0.3, 0.4) is 0 Å². The lowest BCUT2D eigenvalue weighted by molar-refractivity contribution is 0.0952. The van der Waals surface area contributed by atoms with E-state index in [1.807, 2.05) is 54.9 Å². The number of likely N-dealkylation sites (N-methyl/N-ethyl adjacent to an activating group) is 1. The van der Waals surface area contributed by atoms with E-state index in [1.54, 1.807) is 0 Å². The summed E-state index contributed by atoms with van der Waals surface area (Å²) >= 11 is 6.26. The smallest absolute Gasteiger partial charge is 0.255 e. The van der Waals surface area contributed by atoms with Crippen molar-refractivity contribution in [2.75, 3.05) is 27.2 Å². The maximum Gasteiger partial charge on any atom is 0.255 e. The van der Waals surface area contributed by atoms with Gasteiger partial charge < -0.3 is 14.8 Å². The molecule has 1 amide bonds. The first-order valence-electron chi connectivity index (χ1n) is 6.18. The normalized spacial score (nSPS) is 11.2. The van der Waals surface area contributed by atoms with Gasteiger partial charge in [0, 0.05) is 31.0 Å². The fourth-order valence-corrected chi connectivity index (χ4v) is 2.34. The van der Waals surface area contributed by atoms with E-state index in [4.69, 9.17) is 11.6 Å². The standard InChI is InChI=1S/C14H18ClN3O/c1-17(2)9-8-16-14(19)12-10-6-4-5-7-11(10)18(3)13(12)15/h4-7H,8-9H2,1-3H3,(H,16,19). The zero-order valence-electron chi connectivity index (χ0n) is 11.4. The van der Waals surface area contributed by atoms with Crippen LogP contribution in [0.5, 0.6) is 0 Å². The van der Waals surface area contributed by atoms with E-state index in [-0.39, 0.29) is 5.91 Å². The predicted octanol–water partition coefficient (Wildman–Crippen LogP) is 2.12. The summed E-state index contributed by atoms with van der Waals surface area (Å²) in [5.41, 5.74) is 1.52. The van der Waals surface area contributed by atoms with E-state index < -0.39 is 0 Å². The van der Waals surface area contributed by atoms with Crippen molar-refractivity contribution >= 4 is 28.4 Å². The Bertz CT molecular complexity index is 604. The molecule has 0 aliphatic heterocycles. The van der Waals surface area contributed by atoms with Gasteiger partial charge in [0.05, 0.1) is 5.56 Å². The summed E-state index contributed by atoms with van der Waals surface area (Å²) in [6, 6.07) is 7.72. The minimum absolute atomic E-state index is 0.122. The van der Waals surface area contributed by atoms with Crippen LogP contribution in [0.25, 0.3) is 10.9 Å². The molecule has 1 aromatic heterocycles. The maximum absolute atomic E-state index is 12.2. The number of benzene rings is 1. The summed E-state index contributed by atoms with van der Waals surface area (Å²) in [6.07, 6.45) is 0. The fourth-order valence-electron chi connectivity index (χ4n) is 2.06. The molecular formula is C14H18ClN3O. The highest BCUT2D eigenvalue weighted by Gasteiger charge is 2.19. The Balaban J connectivity index is 2.29. The molecule has 0 aliphatic carbocycles. The molecule has 1 N–H and O–H groups in total. The number of nitrogens with zero attached hydrogens (tertiary/aromatic N) is 2. The number of carbonyl (C=O) groups is 1. The van der Waals surface area contributed by atoms with Gasteiger partial charge in [0.2, 0.25) is 0 Å². The lowest BCUT2D eigenvalue weighted by Gasteiger charge is -2.10. The SMILES string of the molecule is CN(C)CCNC(=O)c1c(Cl)n(C)c2ccccc12. The molecule has 4 nitrogen and oxygen atoms in total. The molecule has 0 saturated heterocycles. The second kappa shape index (κ2) is 5.63. The van der Waals surface area contributed by atoms with E-state index >= 15 is 0 Å². The Morgan fingerprint density at radius 1 is 1.37 bits per heavy atom. The fraction of sp³-hybridized carbons (Fsp3) is 0.357. The zero-order valence-corrected chi connectivity index (χ0v) is 12.2. The van der Waals surface area contributed by atoms with E-state index in [9.17, 15) is 4.79 Å². The van der Waals surface area contributed by atoms with Crippen molar-refractivity contribution in [3.63, 3.8) is 0 Å². The van der Waals surface area contributed by atoms with Crippen molar-refractivity contribution in [1.29, 1.82) is 0 Å². The highest BCUT2D eigenvalue weighted by molar-refractivity contribution is 6.35. The van der Waals surface area contributed by atoms with E-state index in [2.05, 4.69) is 5.32 Å². The molecule has 0 unspecified atom stereocenters. The van der Waals surface area contributed by atoms with Crippen LogP contribution in [-0.2, 0) is 7.05 Å². The van der Waals surface area contributed by atoms with Crippen LogP contribution < -0.4 is 5.32 Å². The van der Waals surface area contributed by atoms with Gasteiger partial charge in [0.25, 0.3) is 5.91 Å². The molecule has 0 bridgehead atoms. The van der Waals surface area contributed by atoms with Crippen LogP contribution in [0.15, 0.2) is 24.3 Å². The van der Waals surface area contributed by atoms with Crippen LogP contribution >= 0.6 is 11.6 Å². The van der Waals surface area contributed by atoms with Crippen LogP contribution in [0.4, 0.5) is 0 Å². The first-order chi connectivity index (χ1) is 9.02. The number of carbonyl (C=O) groups excluding carboxylic acids is 1. The van der Waals surface area contributed by atoms with Crippen LogP contribution in [0, 0.1) is 0 Å². The number of aromatic nitrogens is 1.